The third kappa shape index (κ3) is 3.59. The highest BCUT2D eigenvalue weighted by Gasteiger charge is 2.39. The summed E-state index contributed by atoms with van der Waals surface area (Å²) < 4.78 is 10.9. The van der Waals surface area contributed by atoms with E-state index < -0.39 is 19.3 Å². The molecule has 1 heterocycles. The molecule has 0 aromatic heterocycles. The van der Waals surface area contributed by atoms with E-state index in [-0.39, 0.29) is 13.1 Å². The fraction of sp³-hybridized carbons (Fsp3) is 0.417. The van der Waals surface area contributed by atoms with Crippen molar-refractivity contribution in [1.29, 1.82) is 0 Å². The number of amides is 1. The Hall–Kier alpha value is -1.48. The minimum absolute atomic E-state index is 0.204. The number of rotatable bonds is 6. The van der Waals surface area contributed by atoms with E-state index in [0.717, 1.165) is 0 Å². The fourth-order valence-corrected chi connectivity index (χ4v) is 2.50. The van der Waals surface area contributed by atoms with Crippen LogP contribution in [0.5, 0.6) is 5.75 Å². The highest BCUT2D eigenvalue weighted by molar-refractivity contribution is 6.63. The Balaban J connectivity index is 2.05. The van der Waals surface area contributed by atoms with Crippen LogP contribution in [-0.4, -0.2) is 43.0 Å². The number of halogens is 1. The van der Waals surface area contributed by atoms with Crippen LogP contribution in [0.3, 0.4) is 0 Å². The van der Waals surface area contributed by atoms with Gasteiger partial charge in [0.15, 0.2) is 0 Å². The zero-order valence-corrected chi connectivity index (χ0v) is 12.0. The Morgan fingerprint density at radius 2 is 2.33 bits per heavy atom. The van der Waals surface area contributed by atoms with Crippen molar-refractivity contribution in [2.75, 3.05) is 19.7 Å². The molecule has 0 spiro atoms. The molecule has 0 saturated carbocycles. The molecule has 0 saturated heterocycles. The molecule has 0 bridgehead atoms. The smallest absolute Gasteiger partial charge is 0.494 e. The van der Waals surface area contributed by atoms with E-state index in [1.165, 1.54) is 0 Å². The highest BCUT2D eigenvalue weighted by Crippen LogP contribution is 2.32. The third-order valence-electron chi connectivity index (χ3n) is 3.13. The van der Waals surface area contributed by atoms with Gasteiger partial charge >= 0.3 is 13.2 Å². The Morgan fingerprint density at radius 1 is 1.57 bits per heavy atom. The Morgan fingerprint density at radius 3 is 3.00 bits per heavy atom. The van der Waals surface area contributed by atoms with Gasteiger partial charge in [0.2, 0.25) is 0 Å². The maximum Gasteiger partial charge on any atom is 0.495 e. The highest BCUT2D eigenvalue weighted by atomic mass is 35.5. The van der Waals surface area contributed by atoms with Gasteiger partial charge in [-0.15, -0.1) is 0 Å². The summed E-state index contributed by atoms with van der Waals surface area (Å²) in [5.41, 5.74) is 6.73. The maximum absolute atomic E-state index is 10.3. The second kappa shape index (κ2) is 6.99. The lowest BCUT2D eigenvalue weighted by atomic mass is 9.78. The van der Waals surface area contributed by atoms with Gasteiger partial charge in [0, 0.05) is 29.1 Å². The van der Waals surface area contributed by atoms with Crippen LogP contribution in [0, 0.1) is 0 Å². The van der Waals surface area contributed by atoms with Crippen LogP contribution in [0.1, 0.15) is 18.1 Å². The van der Waals surface area contributed by atoms with E-state index in [0.29, 0.717) is 34.8 Å². The number of nitrogens with two attached hydrogens (primary N) is 1. The molecule has 114 valence electrons. The Labute approximate surface area is 127 Å². The normalized spacial score (nSPS) is 16.7. The molecule has 9 heteroatoms. The molecule has 2 rings (SSSR count). The molecular weight excluding hydrogens is 298 g/mol. The van der Waals surface area contributed by atoms with Crippen molar-refractivity contribution in [3.63, 3.8) is 0 Å². The van der Waals surface area contributed by atoms with E-state index in [9.17, 15) is 9.82 Å². The molecule has 7 nitrogen and oxygen atoms in total. The summed E-state index contributed by atoms with van der Waals surface area (Å²) in [6.07, 6.45) is -1.03. The molecule has 1 aliphatic rings. The first-order chi connectivity index (χ1) is 10.0. The van der Waals surface area contributed by atoms with Gasteiger partial charge in [0.1, 0.15) is 5.75 Å². The van der Waals surface area contributed by atoms with Gasteiger partial charge in [-0.25, -0.2) is 4.79 Å². The molecule has 0 radical (unpaired) electrons. The summed E-state index contributed by atoms with van der Waals surface area (Å²) in [7, 11) is -1.13. The van der Waals surface area contributed by atoms with E-state index in [4.69, 9.17) is 31.8 Å². The molecule has 5 N–H and O–H groups in total. The first-order valence-corrected chi connectivity index (χ1v) is 6.88. The monoisotopic (exact) mass is 314 g/mol. The minimum atomic E-state index is -1.13. The van der Waals surface area contributed by atoms with Crippen molar-refractivity contribution in [3.05, 3.63) is 22.7 Å². The van der Waals surface area contributed by atoms with Gasteiger partial charge < -0.3 is 30.6 Å². The number of ether oxygens (including phenoxy) is 1. The Bertz CT molecular complexity index is 531. The van der Waals surface area contributed by atoms with Crippen molar-refractivity contribution in [2.24, 2.45) is 5.73 Å². The number of hydrogen-bond acceptors (Lipinski definition) is 5. The second-order valence-corrected chi connectivity index (χ2v) is 4.93. The average Bonchev–Trinajstić information content (AvgIpc) is 2.79. The molecular formula is C12H16BClN2O5. The summed E-state index contributed by atoms with van der Waals surface area (Å²) in [4.78, 5) is 10.3. The molecule has 0 fully saturated rings. The standard InChI is InChI=1S/C12H16BClN2O5/c14-7-2-3-8(20-5-1-4-16-12(17)18)11-10(7)9(6-15)21-13(11)19/h2-3,9,16,19H,1,4-6,15H2,(H,17,18). The zero-order chi connectivity index (χ0) is 15.4. The third-order valence-corrected chi connectivity index (χ3v) is 3.45. The number of fused-ring (bicyclic) bond motifs is 1. The van der Waals surface area contributed by atoms with Gasteiger partial charge in [-0.05, 0) is 18.6 Å². The van der Waals surface area contributed by atoms with Crippen molar-refractivity contribution >= 4 is 30.3 Å². The molecule has 1 atom stereocenters. The molecule has 21 heavy (non-hydrogen) atoms. The second-order valence-electron chi connectivity index (χ2n) is 4.52. The van der Waals surface area contributed by atoms with Crippen molar-refractivity contribution in [1.82, 2.24) is 5.32 Å². The van der Waals surface area contributed by atoms with E-state index in [1.54, 1.807) is 12.1 Å². The number of hydrogen-bond donors (Lipinski definition) is 4. The number of nitrogens with one attached hydrogen (secondary N) is 1. The van der Waals surface area contributed by atoms with Gasteiger partial charge in [-0.3, -0.25) is 0 Å². The van der Waals surface area contributed by atoms with E-state index in [2.05, 4.69) is 5.32 Å². The fourth-order valence-electron chi connectivity index (χ4n) is 2.21. The minimum Gasteiger partial charge on any atom is -0.494 e. The van der Waals surface area contributed by atoms with Gasteiger partial charge in [-0.1, -0.05) is 11.6 Å². The van der Waals surface area contributed by atoms with Crippen molar-refractivity contribution in [3.8, 4) is 5.75 Å². The van der Waals surface area contributed by atoms with Crippen LogP contribution in [0.25, 0.3) is 0 Å². The predicted octanol–water partition coefficient (Wildman–Crippen LogP) is 0.0940. The summed E-state index contributed by atoms with van der Waals surface area (Å²) in [6.45, 7) is 0.791. The predicted molar refractivity (Wildman–Crippen MR) is 78.1 cm³/mol. The largest absolute Gasteiger partial charge is 0.495 e. The first-order valence-electron chi connectivity index (χ1n) is 6.50. The van der Waals surface area contributed by atoms with Crippen molar-refractivity contribution in [2.45, 2.75) is 12.5 Å². The van der Waals surface area contributed by atoms with Gasteiger partial charge in [-0.2, -0.15) is 0 Å². The lowest BCUT2D eigenvalue weighted by Crippen LogP contribution is -2.30. The lowest BCUT2D eigenvalue weighted by Gasteiger charge is -2.13. The summed E-state index contributed by atoms with van der Waals surface area (Å²) in [6, 6.07) is 3.31. The van der Waals surface area contributed by atoms with Crippen LogP contribution in [-0.2, 0) is 4.65 Å². The van der Waals surface area contributed by atoms with Crippen LogP contribution < -0.4 is 21.3 Å². The van der Waals surface area contributed by atoms with Crippen LogP contribution in [0.2, 0.25) is 5.02 Å². The average molecular weight is 315 g/mol. The van der Waals surface area contributed by atoms with Gasteiger partial charge in [0.05, 0.1) is 12.7 Å². The molecule has 1 amide bonds. The number of benzene rings is 1. The van der Waals surface area contributed by atoms with Crippen LogP contribution >= 0.6 is 11.6 Å². The summed E-state index contributed by atoms with van der Waals surface area (Å²) >= 11 is 6.12. The van der Waals surface area contributed by atoms with E-state index >= 15 is 0 Å². The molecule has 1 unspecified atom stereocenters. The SMILES string of the molecule is NCC1OB(O)c2c(OCCCNC(=O)O)ccc(Cl)c21. The van der Waals surface area contributed by atoms with Crippen molar-refractivity contribution < 1.29 is 24.3 Å². The summed E-state index contributed by atoms with van der Waals surface area (Å²) in [5.74, 6) is 0.466. The quantitative estimate of drug-likeness (QED) is 0.437. The van der Waals surface area contributed by atoms with Crippen LogP contribution in [0.15, 0.2) is 12.1 Å². The summed E-state index contributed by atoms with van der Waals surface area (Å²) in [5, 5.41) is 21.1. The topological polar surface area (TPSA) is 114 Å². The van der Waals surface area contributed by atoms with Gasteiger partial charge in [0.25, 0.3) is 0 Å². The Kier molecular flexibility index (Phi) is 5.30. The molecule has 0 aliphatic carbocycles. The number of carboxylic acid groups (broad SMARTS) is 1. The van der Waals surface area contributed by atoms with Crippen LogP contribution in [0.4, 0.5) is 4.79 Å². The molecule has 1 aliphatic heterocycles. The van der Waals surface area contributed by atoms with E-state index in [1.807, 2.05) is 0 Å². The molecule has 1 aromatic rings. The lowest BCUT2D eigenvalue weighted by molar-refractivity contribution is 0.193. The first kappa shape index (κ1) is 15.9. The zero-order valence-electron chi connectivity index (χ0n) is 11.2. The molecule has 1 aromatic carbocycles. The number of carbonyl (C=O) groups is 1. The maximum atomic E-state index is 10.3.